The van der Waals surface area contributed by atoms with Crippen LogP contribution in [-0.4, -0.2) is 36.7 Å². The van der Waals surface area contributed by atoms with Crippen molar-refractivity contribution >= 4 is 35.3 Å². The molecule has 0 radical (unpaired) electrons. The van der Waals surface area contributed by atoms with Gasteiger partial charge in [-0.15, -0.1) is 11.8 Å². The fourth-order valence-electron chi connectivity index (χ4n) is 2.83. The van der Waals surface area contributed by atoms with Crippen LogP contribution in [0.1, 0.15) is 37.7 Å². The van der Waals surface area contributed by atoms with Crippen LogP contribution in [0.4, 0.5) is 5.69 Å². The highest BCUT2D eigenvalue weighted by molar-refractivity contribution is 7.98. The maximum atomic E-state index is 12.6. The number of aromatic nitrogens is 1. The number of methoxy groups -OCH3 is 1. The summed E-state index contributed by atoms with van der Waals surface area (Å²) in [7, 11) is 1.29. The summed E-state index contributed by atoms with van der Waals surface area (Å²) < 4.78 is 15.0. The standard InChI is InChI=1S/C23H22N2O6S/c1-14-19(15(2)31-25-14)13-32-20-7-5-4-6-18(20)23(28)30-12-21(26)24-17-10-8-16(9-11-17)22(27)29-3/h4-11H,12-13H2,1-3H3,(H,24,26). The molecular formula is C23H22N2O6S. The fraction of sp³-hybridized carbons (Fsp3) is 0.217. The monoisotopic (exact) mass is 454 g/mol. The molecule has 0 saturated carbocycles. The van der Waals surface area contributed by atoms with Crippen LogP contribution in [0.15, 0.2) is 57.9 Å². The van der Waals surface area contributed by atoms with Crippen molar-refractivity contribution in [1.29, 1.82) is 0 Å². The van der Waals surface area contributed by atoms with Crippen molar-refractivity contribution in [2.24, 2.45) is 0 Å². The summed E-state index contributed by atoms with van der Waals surface area (Å²) in [6.07, 6.45) is 0. The Labute approximate surface area is 189 Å². The molecule has 0 unspecified atom stereocenters. The second kappa shape index (κ2) is 10.6. The number of anilines is 1. The molecule has 1 heterocycles. The van der Waals surface area contributed by atoms with E-state index in [1.165, 1.54) is 31.0 Å². The maximum absolute atomic E-state index is 12.6. The molecule has 32 heavy (non-hydrogen) atoms. The van der Waals surface area contributed by atoms with Crippen LogP contribution in [0, 0.1) is 13.8 Å². The van der Waals surface area contributed by atoms with E-state index in [4.69, 9.17) is 9.26 Å². The second-order valence-corrected chi connectivity index (χ2v) is 7.80. The van der Waals surface area contributed by atoms with Crippen LogP contribution < -0.4 is 5.32 Å². The van der Waals surface area contributed by atoms with Gasteiger partial charge < -0.3 is 19.3 Å². The van der Waals surface area contributed by atoms with E-state index in [2.05, 4.69) is 15.2 Å². The van der Waals surface area contributed by atoms with E-state index >= 15 is 0 Å². The normalized spacial score (nSPS) is 10.5. The Kier molecular flexibility index (Phi) is 7.67. The van der Waals surface area contributed by atoms with Crippen molar-refractivity contribution in [2.45, 2.75) is 24.5 Å². The van der Waals surface area contributed by atoms with E-state index in [0.29, 0.717) is 22.6 Å². The average molecular weight is 455 g/mol. The molecule has 2 aromatic carbocycles. The van der Waals surface area contributed by atoms with Gasteiger partial charge in [0, 0.05) is 21.9 Å². The van der Waals surface area contributed by atoms with Gasteiger partial charge in [0.15, 0.2) is 6.61 Å². The number of esters is 2. The van der Waals surface area contributed by atoms with Gasteiger partial charge >= 0.3 is 11.9 Å². The first-order chi connectivity index (χ1) is 15.4. The number of benzene rings is 2. The number of hydrogen-bond donors (Lipinski definition) is 1. The molecule has 1 aromatic heterocycles. The molecule has 0 atom stereocenters. The first-order valence-electron chi connectivity index (χ1n) is 9.68. The van der Waals surface area contributed by atoms with E-state index in [-0.39, 0.29) is 0 Å². The van der Waals surface area contributed by atoms with E-state index in [1.54, 1.807) is 24.3 Å². The highest BCUT2D eigenvalue weighted by Crippen LogP contribution is 2.29. The first kappa shape index (κ1) is 23.1. The third kappa shape index (κ3) is 5.76. The molecule has 0 spiro atoms. The zero-order valence-electron chi connectivity index (χ0n) is 17.8. The summed E-state index contributed by atoms with van der Waals surface area (Å²) in [5.41, 5.74) is 3.00. The Morgan fingerprint density at radius 1 is 1.03 bits per heavy atom. The molecule has 9 heteroatoms. The van der Waals surface area contributed by atoms with Crippen LogP contribution in [0.25, 0.3) is 0 Å². The van der Waals surface area contributed by atoms with Crippen molar-refractivity contribution in [1.82, 2.24) is 5.16 Å². The predicted octanol–water partition coefficient (Wildman–Crippen LogP) is 4.17. The number of nitrogens with zero attached hydrogens (tertiary/aromatic N) is 1. The lowest BCUT2D eigenvalue weighted by Crippen LogP contribution is -2.21. The quantitative estimate of drug-likeness (QED) is 0.399. The van der Waals surface area contributed by atoms with Crippen molar-refractivity contribution in [2.75, 3.05) is 19.0 Å². The lowest BCUT2D eigenvalue weighted by atomic mass is 10.2. The summed E-state index contributed by atoms with van der Waals surface area (Å²) in [4.78, 5) is 36.9. The summed E-state index contributed by atoms with van der Waals surface area (Å²) in [6.45, 7) is 3.27. The fourth-order valence-corrected chi connectivity index (χ4v) is 4.03. The maximum Gasteiger partial charge on any atom is 0.339 e. The predicted molar refractivity (Wildman–Crippen MR) is 119 cm³/mol. The molecule has 0 aliphatic rings. The topological polar surface area (TPSA) is 108 Å². The molecule has 1 amide bonds. The Morgan fingerprint density at radius 3 is 2.41 bits per heavy atom. The average Bonchev–Trinajstić information content (AvgIpc) is 3.13. The van der Waals surface area contributed by atoms with Gasteiger partial charge in [0.2, 0.25) is 0 Å². The van der Waals surface area contributed by atoms with Crippen LogP contribution in [0.2, 0.25) is 0 Å². The van der Waals surface area contributed by atoms with Gasteiger partial charge in [-0.05, 0) is 50.2 Å². The molecule has 0 saturated heterocycles. The van der Waals surface area contributed by atoms with E-state index in [1.807, 2.05) is 26.0 Å². The molecule has 166 valence electrons. The molecule has 3 aromatic rings. The number of hydrogen-bond acceptors (Lipinski definition) is 8. The largest absolute Gasteiger partial charge is 0.465 e. The third-order valence-electron chi connectivity index (χ3n) is 4.58. The number of carbonyl (C=O) groups excluding carboxylic acids is 3. The van der Waals surface area contributed by atoms with Crippen molar-refractivity contribution in [3.8, 4) is 0 Å². The Balaban J connectivity index is 1.56. The van der Waals surface area contributed by atoms with Crippen molar-refractivity contribution in [3.05, 3.63) is 76.7 Å². The minimum absolute atomic E-state index is 0.364. The molecule has 0 bridgehead atoms. The van der Waals surface area contributed by atoms with Gasteiger partial charge in [0.05, 0.1) is 23.9 Å². The van der Waals surface area contributed by atoms with Crippen LogP contribution in [-0.2, 0) is 20.0 Å². The number of amides is 1. The van der Waals surface area contributed by atoms with Gasteiger partial charge in [0.1, 0.15) is 5.76 Å². The molecule has 0 aliphatic carbocycles. The molecule has 0 fully saturated rings. The van der Waals surface area contributed by atoms with Gasteiger partial charge in [-0.25, -0.2) is 9.59 Å². The highest BCUT2D eigenvalue weighted by Gasteiger charge is 2.17. The summed E-state index contributed by atoms with van der Waals surface area (Å²) in [5, 5.41) is 6.55. The van der Waals surface area contributed by atoms with Gasteiger partial charge in [0.25, 0.3) is 5.91 Å². The smallest absolute Gasteiger partial charge is 0.339 e. The highest BCUT2D eigenvalue weighted by atomic mass is 32.2. The lowest BCUT2D eigenvalue weighted by Gasteiger charge is -2.10. The van der Waals surface area contributed by atoms with E-state index in [9.17, 15) is 14.4 Å². The number of thioether (sulfide) groups is 1. The van der Waals surface area contributed by atoms with Crippen LogP contribution >= 0.6 is 11.8 Å². The Bertz CT molecular complexity index is 1100. The number of ether oxygens (including phenoxy) is 2. The van der Waals surface area contributed by atoms with Crippen LogP contribution in [0.3, 0.4) is 0 Å². The third-order valence-corrected chi connectivity index (χ3v) is 5.68. The SMILES string of the molecule is COC(=O)c1ccc(NC(=O)COC(=O)c2ccccc2SCc2c(C)noc2C)cc1. The Morgan fingerprint density at radius 2 is 1.75 bits per heavy atom. The number of carbonyl (C=O) groups is 3. The van der Waals surface area contributed by atoms with Crippen molar-refractivity contribution < 1.29 is 28.4 Å². The zero-order valence-corrected chi connectivity index (χ0v) is 18.7. The minimum atomic E-state index is -0.594. The minimum Gasteiger partial charge on any atom is -0.465 e. The second-order valence-electron chi connectivity index (χ2n) is 6.78. The van der Waals surface area contributed by atoms with Gasteiger partial charge in [-0.3, -0.25) is 4.79 Å². The lowest BCUT2D eigenvalue weighted by molar-refractivity contribution is -0.119. The number of rotatable bonds is 8. The van der Waals surface area contributed by atoms with Crippen LogP contribution in [0.5, 0.6) is 0 Å². The Hall–Kier alpha value is -3.59. The molecule has 3 rings (SSSR count). The number of aryl methyl sites for hydroxylation is 2. The van der Waals surface area contributed by atoms with Gasteiger partial charge in [-0.1, -0.05) is 17.3 Å². The van der Waals surface area contributed by atoms with E-state index < -0.39 is 24.5 Å². The molecule has 1 N–H and O–H groups in total. The number of nitrogens with one attached hydrogen (secondary N) is 1. The molecule has 0 aliphatic heterocycles. The first-order valence-corrected chi connectivity index (χ1v) is 10.7. The van der Waals surface area contributed by atoms with E-state index in [0.717, 1.165) is 21.9 Å². The molecular weight excluding hydrogens is 432 g/mol. The summed E-state index contributed by atoms with van der Waals surface area (Å²) in [5.74, 6) is -0.227. The summed E-state index contributed by atoms with van der Waals surface area (Å²) >= 11 is 1.46. The van der Waals surface area contributed by atoms with Crippen molar-refractivity contribution in [3.63, 3.8) is 0 Å². The van der Waals surface area contributed by atoms with Gasteiger partial charge in [-0.2, -0.15) is 0 Å². The zero-order chi connectivity index (χ0) is 23.1. The summed E-state index contributed by atoms with van der Waals surface area (Å²) in [6, 6.07) is 13.2. The molecule has 8 nitrogen and oxygen atoms in total.